The van der Waals surface area contributed by atoms with Crippen LogP contribution in [-0.2, 0) is 14.8 Å². The van der Waals surface area contributed by atoms with Gasteiger partial charge in [-0.25, -0.2) is 13.1 Å². The number of ether oxygens (including phenoxy) is 1. The van der Waals surface area contributed by atoms with Crippen LogP contribution < -0.4 is 14.8 Å². The number of anilines is 1. The zero-order valence-corrected chi connectivity index (χ0v) is 12.9. The molecule has 0 aromatic heterocycles. The number of rotatable bonds is 6. The smallest absolute Gasteiger partial charge is 0.240 e. The van der Waals surface area contributed by atoms with Crippen molar-refractivity contribution < 1.29 is 17.9 Å². The number of amides is 1. The highest BCUT2D eigenvalue weighted by Crippen LogP contribution is 2.27. The normalized spacial score (nSPS) is 12.8. The van der Waals surface area contributed by atoms with Crippen LogP contribution in [0.3, 0.4) is 0 Å². The van der Waals surface area contributed by atoms with Gasteiger partial charge in [-0.05, 0) is 31.5 Å². The summed E-state index contributed by atoms with van der Waals surface area (Å²) in [6.07, 6.45) is 0.688. The summed E-state index contributed by atoms with van der Waals surface area (Å²) in [5.74, 6) is 0.107. The summed E-state index contributed by atoms with van der Waals surface area (Å²) >= 11 is 0. The van der Waals surface area contributed by atoms with E-state index in [1.807, 2.05) is 6.92 Å². The Labute approximate surface area is 119 Å². The first-order chi connectivity index (χ1) is 9.30. The van der Waals surface area contributed by atoms with Gasteiger partial charge in [-0.2, -0.15) is 0 Å². The third-order valence-corrected chi connectivity index (χ3v) is 4.35. The van der Waals surface area contributed by atoms with Gasteiger partial charge in [0.15, 0.2) is 0 Å². The molecule has 1 aromatic rings. The molecule has 0 radical (unpaired) electrons. The highest BCUT2D eigenvalue weighted by Gasteiger charge is 2.18. The van der Waals surface area contributed by atoms with Crippen molar-refractivity contribution in [1.82, 2.24) is 4.72 Å². The lowest BCUT2D eigenvalue weighted by atomic mass is 10.3. The number of hydrogen-bond acceptors (Lipinski definition) is 4. The monoisotopic (exact) mass is 300 g/mol. The third-order valence-electron chi connectivity index (χ3n) is 2.76. The first-order valence-electron chi connectivity index (χ1n) is 6.28. The number of carbonyl (C=O) groups is 1. The minimum absolute atomic E-state index is 0.0855. The Morgan fingerprint density at radius 3 is 2.55 bits per heavy atom. The van der Waals surface area contributed by atoms with E-state index in [1.54, 1.807) is 6.92 Å². The quantitative estimate of drug-likeness (QED) is 0.838. The summed E-state index contributed by atoms with van der Waals surface area (Å²) in [7, 11) is -2.16. The minimum Gasteiger partial charge on any atom is -0.495 e. The predicted octanol–water partition coefficient (Wildman–Crippen LogP) is 1.73. The molecule has 1 aromatic carbocycles. The van der Waals surface area contributed by atoms with Gasteiger partial charge in [-0.15, -0.1) is 0 Å². The van der Waals surface area contributed by atoms with Gasteiger partial charge in [0.2, 0.25) is 15.9 Å². The molecule has 20 heavy (non-hydrogen) atoms. The molecule has 1 atom stereocenters. The molecule has 0 fully saturated rings. The number of hydrogen-bond donors (Lipinski definition) is 2. The van der Waals surface area contributed by atoms with Crippen molar-refractivity contribution in [2.45, 2.75) is 38.1 Å². The Kier molecular flexibility index (Phi) is 5.52. The molecule has 7 heteroatoms. The molecular formula is C13H20N2O4S. The lowest BCUT2D eigenvalue weighted by Crippen LogP contribution is -2.32. The van der Waals surface area contributed by atoms with E-state index in [9.17, 15) is 13.2 Å². The molecule has 0 aliphatic carbocycles. The van der Waals surface area contributed by atoms with Gasteiger partial charge in [0.05, 0.1) is 17.7 Å². The summed E-state index contributed by atoms with van der Waals surface area (Å²) in [6, 6.07) is 4.17. The summed E-state index contributed by atoms with van der Waals surface area (Å²) in [4.78, 5) is 11.2. The fourth-order valence-electron chi connectivity index (χ4n) is 1.56. The van der Waals surface area contributed by atoms with Crippen LogP contribution in [0.4, 0.5) is 5.69 Å². The van der Waals surface area contributed by atoms with Crippen molar-refractivity contribution in [2.75, 3.05) is 12.4 Å². The predicted molar refractivity (Wildman–Crippen MR) is 77.4 cm³/mol. The van der Waals surface area contributed by atoms with E-state index in [4.69, 9.17) is 4.74 Å². The number of nitrogens with one attached hydrogen (secondary N) is 2. The fraction of sp³-hybridized carbons (Fsp3) is 0.462. The Balaban J connectivity index is 3.16. The first-order valence-corrected chi connectivity index (χ1v) is 7.76. The third kappa shape index (κ3) is 4.21. The summed E-state index contributed by atoms with van der Waals surface area (Å²) in [5, 5.41) is 2.55. The molecule has 0 aliphatic rings. The van der Waals surface area contributed by atoms with E-state index in [0.717, 1.165) is 0 Å². The van der Waals surface area contributed by atoms with E-state index in [0.29, 0.717) is 17.9 Å². The maximum atomic E-state index is 12.2. The van der Waals surface area contributed by atoms with Crippen LogP contribution in [0.25, 0.3) is 0 Å². The van der Waals surface area contributed by atoms with E-state index < -0.39 is 10.0 Å². The zero-order valence-electron chi connectivity index (χ0n) is 12.1. The Morgan fingerprint density at radius 1 is 1.40 bits per heavy atom. The number of sulfonamides is 1. The second-order valence-electron chi connectivity index (χ2n) is 4.47. The van der Waals surface area contributed by atoms with Crippen molar-refractivity contribution in [3.05, 3.63) is 18.2 Å². The second-order valence-corrected chi connectivity index (χ2v) is 6.19. The first kappa shape index (κ1) is 16.5. The maximum absolute atomic E-state index is 12.2. The van der Waals surface area contributed by atoms with Crippen molar-refractivity contribution >= 4 is 21.6 Å². The van der Waals surface area contributed by atoms with Crippen LogP contribution >= 0.6 is 0 Å². The van der Waals surface area contributed by atoms with Gasteiger partial charge in [-0.1, -0.05) is 6.92 Å². The lowest BCUT2D eigenvalue weighted by molar-refractivity contribution is -0.114. The van der Waals surface area contributed by atoms with Gasteiger partial charge < -0.3 is 10.1 Å². The largest absolute Gasteiger partial charge is 0.495 e. The molecular weight excluding hydrogens is 280 g/mol. The standard InChI is InChI=1S/C13H20N2O4S/c1-5-9(2)15-20(17,18)11-6-7-13(19-4)12(8-11)14-10(3)16/h6-9,15H,5H2,1-4H3,(H,14,16)/t9-/m0/s1. The van der Waals surface area contributed by atoms with Gasteiger partial charge in [0, 0.05) is 13.0 Å². The average Bonchev–Trinajstić information content (AvgIpc) is 2.37. The lowest BCUT2D eigenvalue weighted by Gasteiger charge is -2.14. The minimum atomic E-state index is -3.61. The van der Waals surface area contributed by atoms with Crippen LogP contribution in [0.5, 0.6) is 5.75 Å². The number of benzene rings is 1. The summed E-state index contributed by atoms with van der Waals surface area (Å²) < 4.78 is 32.0. The highest BCUT2D eigenvalue weighted by atomic mass is 32.2. The Morgan fingerprint density at radius 2 is 2.05 bits per heavy atom. The molecule has 0 saturated carbocycles. The van der Waals surface area contributed by atoms with Crippen LogP contribution in [-0.4, -0.2) is 27.5 Å². The zero-order chi connectivity index (χ0) is 15.3. The maximum Gasteiger partial charge on any atom is 0.240 e. The number of carbonyl (C=O) groups excluding carboxylic acids is 1. The Hall–Kier alpha value is -1.60. The molecule has 0 heterocycles. The molecule has 112 valence electrons. The molecule has 2 N–H and O–H groups in total. The van der Waals surface area contributed by atoms with E-state index >= 15 is 0 Å². The van der Waals surface area contributed by atoms with Gasteiger partial charge in [0.25, 0.3) is 0 Å². The van der Waals surface area contributed by atoms with Crippen molar-refractivity contribution in [2.24, 2.45) is 0 Å². The number of methoxy groups -OCH3 is 1. The van der Waals surface area contributed by atoms with E-state index in [-0.39, 0.29) is 16.8 Å². The molecule has 0 bridgehead atoms. The van der Waals surface area contributed by atoms with Crippen LogP contribution in [0, 0.1) is 0 Å². The molecule has 1 rings (SSSR count). The van der Waals surface area contributed by atoms with Crippen LogP contribution in [0.1, 0.15) is 27.2 Å². The molecule has 6 nitrogen and oxygen atoms in total. The van der Waals surface area contributed by atoms with Crippen molar-refractivity contribution in [3.63, 3.8) is 0 Å². The fourth-order valence-corrected chi connectivity index (χ4v) is 2.91. The molecule has 0 aliphatic heterocycles. The van der Waals surface area contributed by atoms with Crippen LogP contribution in [0.15, 0.2) is 23.1 Å². The average molecular weight is 300 g/mol. The topological polar surface area (TPSA) is 84.5 Å². The van der Waals surface area contributed by atoms with E-state index in [1.165, 1.54) is 32.2 Å². The highest BCUT2D eigenvalue weighted by molar-refractivity contribution is 7.89. The molecule has 0 unspecified atom stereocenters. The van der Waals surface area contributed by atoms with Gasteiger partial charge >= 0.3 is 0 Å². The SMILES string of the molecule is CC[C@H](C)NS(=O)(=O)c1ccc(OC)c(NC(C)=O)c1. The molecule has 0 saturated heterocycles. The second kappa shape index (κ2) is 6.71. The van der Waals surface area contributed by atoms with Gasteiger partial charge in [0.1, 0.15) is 5.75 Å². The van der Waals surface area contributed by atoms with E-state index in [2.05, 4.69) is 10.0 Å². The molecule has 0 spiro atoms. The van der Waals surface area contributed by atoms with Crippen molar-refractivity contribution in [3.8, 4) is 5.75 Å². The Bertz CT molecular complexity index is 584. The summed E-state index contributed by atoms with van der Waals surface area (Å²) in [6.45, 7) is 5.03. The molecule has 1 amide bonds. The van der Waals surface area contributed by atoms with Gasteiger partial charge in [-0.3, -0.25) is 4.79 Å². The van der Waals surface area contributed by atoms with Crippen molar-refractivity contribution in [1.29, 1.82) is 0 Å². The summed E-state index contributed by atoms with van der Waals surface area (Å²) in [5.41, 5.74) is 0.326. The van der Waals surface area contributed by atoms with Crippen LogP contribution in [0.2, 0.25) is 0 Å².